The molecule has 0 heterocycles. The quantitative estimate of drug-likeness (QED) is 0.531. The van der Waals surface area contributed by atoms with Gasteiger partial charge in [0.1, 0.15) is 0 Å². The summed E-state index contributed by atoms with van der Waals surface area (Å²) in [7, 11) is 0. The Bertz CT molecular complexity index is 845. The molecule has 1 N–H and O–H groups in total. The number of benzene rings is 3. The molecule has 0 amide bonds. The lowest BCUT2D eigenvalue weighted by Crippen LogP contribution is -2.19. The molecule has 1 heteroatoms. The largest absolute Gasteiger partial charge is 0.307 e. The Kier molecular flexibility index (Phi) is 4.49. The SMILES string of the molecule is C[C@@H](NCC=C1c2ccccc2Cc2ccccc21)c1ccccc1. The number of hydrogen-bond acceptors (Lipinski definition) is 1. The predicted molar refractivity (Wildman–Crippen MR) is 106 cm³/mol. The van der Waals surface area contributed by atoms with Crippen LogP contribution in [0.3, 0.4) is 0 Å². The minimum Gasteiger partial charge on any atom is -0.307 e. The predicted octanol–water partition coefficient (Wildman–Crippen LogP) is 5.37. The van der Waals surface area contributed by atoms with E-state index in [1.807, 2.05) is 0 Å². The van der Waals surface area contributed by atoms with E-state index in [1.165, 1.54) is 33.4 Å². The Morgan fingerprint density at radius 1 is 0.800 bits per heavy atom. The van der Waals surface area contributed by atoms with E-state index in [0.29, 0.717) is 6.04 Å². The van der Waals surface area contributed by atoms with E-state index >= 15 is 0 Å². The molecule has 0 saturated carbocycles. The second-order valence-electron chi connectivity index (χ2n) is 6.65. The summed E-state index contributed by atoms with van der Waals surface area (Å²) in [6, 6.07) is 28.5. The van der Waals surface area contributed by atoms with Crippen LogP contribution in [0.2, 0.25) is 0 Å². The number of fused-ring (bicyclic) bond motifs is 2. The molecule has 3 aromatic carbocycles. The average Bonchev–Trinajstić information content (AvgIpc) is 2.68. The van der Waals surface area contributed by atoms with Gasteiger partial charge in [-0.2, -0.15) is 0 Å². The van der Waals surface area contributed by atoms with Crippen molar-refractivity contribution in [1.29, 1.82) is 0 Å². The molecule has 0 aliphatic heterocycles. The third kappa shape index (κ3) is 3.29. The molecule has 4 rings (SSSR count). The fraction of sp³-hybridized carbons (Fsp3) is 0.167. The summed E-state index contributed by atoms with van der Waals surface area (Å²) in [5.74, 6) is 0. The molecule has 3 aromatic rings. The van der Waals surface area contributed by atoms with Gasteiger partial charge in [0.15, 0.2) is 0 Å². The summed E-state index contributed by atoms with van der Waals surface area (Å²) in [5, 5.41) is 3.63. The van der Waals surface area contributed by atoms with Crippen molar-refractivity contribution in [1.82, 2.24) is 5.32 Å². The number of rotatable bonds is 4. The molecule has 1 aliphatic carbocycles. The maximum Gasteiger partial charge on any atom is 0.0294 e. The van der Waals surface area contributed by atoms with E-state index in [4.69, 9.17) is 0 Å². The first kappa shape index (κ1) is 15.9. The molecule has 0 fully saturated rings. The van der Waals surface area contributed by atoms with Gasteiger partial charge in [-0.15, -0.1) is 0 Å². The highest BCUT2D eigenvalue weighted by molar-refractivity contribution is 5.85. The highest BCUT2D eigenvalue weighted by Crippen LogP contribution is 2.35. The molecule has 25 heavy (non-hydrogen) atoms. The van der Waals surface area contributed by atoms with Crippen LogP contribution < -0.4 is 5.32 Å². The van der Waals surface area contributed by atoms with Gasteiger partial charge >= 0.3 is 0 Å². The van der Waals surface area contributed by atoms with Gasteiger partial charge in [-0.1, -0.05) is 84.9 Å². The average molecular weight is 325 g/mol. The van der Waals surface area contributed by atoms with Crippen molar-refractivity contribution < 1.29 is 0 Å². The molecular formula is C24H23N. The van der Waals surface area contributed by atoms with Gasteiger partial charge < -0.3 is 5.32 Å². The first-order valence-corrected chi connectivity index (χ1v) is 8.98. The van der Waals surface area contributed by atoms with E-state index in [2.05, 4.69) is 97.2 Å². The second-order valence-corrected chi connectivity index (χ2v) is 6.65. The maximum absolute atomic E-state index is 3.63. The molecule has 0 bridgehead atoms. The summed E-state index contributed by atoms with van der Waals surface area (Å²) in [4.78, 5) is 0. The summed E-state index contributed by atoms with van der Waals surface area (Å²) < 4.78 is 0. The standard InChI is InChI=1S/C24H23N/c1-18(19-9-3-2-4-10-19)25-16-15-24-22-13-7-5-11-20(22)17-21-12-6-8-14-23(21)24/h2-15,18,25H,16-17H2,1H3/t18-/m1/s1. The van der Waals surface area contributed by atoms with Crippen LogP contribution in [0.4, 0.5) is 0 Å². The molecule has 0 saturated heterocycles. The van der Waals surface area contributed by atoms with Crippen LogP contribution in [-0.4, -0.2) is 6.54 Å². The van der Waals surface area contributed by atoms with Crippen molar-refractivity contribution >= 4 is 5.57 Å². The van der Waals surface area contributed by atoms with Gasteiger partial charge in [0.25, 0.3) is 0 Å². The minimum absolute atomic E-state index is 0.340. The fourth-order valence-electron chi connectivity index (χ4n) is 3.64. The van der Waals surface area contributed by atoms with E-state index in [-0.39, 0.29) is 0 Å². The second kappa shape index (κ2) is 7.08. The van der Waals surface area contributed by atoms with Crippen molar-refractivity contribution in [3.05, 3.63) is 113 Å². The van der Waals surface area contributed by atoms with Crippen LogP contribution in [0.25, 0.3) is 5.57 Å². The first-order valence-electron chi connectivity index (χ1n) is 8.98. The van der Waals surface area contributed by atoms with Crippen LogP contribution in [-0.2, 0) is 6.42 Å². The van der Waals surface area contributed by atoms with E-state index < -0.39 is 0 Å². The molecule has 1 atom stereocenters. The zero-order chi connectivity index (χ0) is 17.1. The van der Waals surface area contributed by atoms with Gasteiger partial charge in [-0.3, -0.25) is 0 Å². The first-order chi connectivity index (χ1) is 12.3. The lowest BCUT2D eigenvalue weighted by Gasteiger charge is -2.23. The lowest BCUT2D eigenvalue weighted by molar-refractivity contribution is 0.617. The smallest absolute Gasteiger partial charge is 0.0294 e. The topological polar surface area (TPSA) is 12.0 Å². The van der Waals surface area contributed by atoms with Gasteiger partial charge in [0.2, 0.25) is 0 Å². The van der Waals surface area contributed by atoms with Gasteiger partial charge in [0, 0.05) is 12.6 Å². The van der Waals surface area contributed by atoms with Crippen molar-refractivity contribution in [2.24, 2.45) is 0 Å². The van der Waals surface area contributed by atoms with E-state index in [0.717, 1.165) is 13.0 Å². The normalized spacial score (nSPS) is 13.7. The molecule has 124 valence electrons. The summed E-state index contributed by atoms with van der Waals surface area (Å²) >= 11 is 0. The highest BCUT2D eigenvalue weighted by atomic mass is 14.9. The van der Waals surface area contributed by atoms with E-state index in [9.17, 15) is 0 Å². The Hall–Kier alpha value is -2.64. The molecule has 0 spiro atoms. The lowest BCUT2D eigenvalue weighted by atomic mass is 9.82. The Morgan fingerprint density at radius 3 is 2.00 bits per heavy atom. The third-order valence-corrected chi connectivity index (χ3v) is 5.03. The zero-order valence-electron chi connectivity index (χ0n) is 14.6. The van der Waals surface area contributed by atoms with Crippen LogP contribution in [0.5, 0.6) is 0 Å². The molecule has 1 aliphatic rings. The number of nitrogens with one attached hydrogen (secondary N) is 1. The van der Waals surface area contributed by atoms with Crippen LogP contribution in [0, 0.1) is 0 Å². The Balaban J connectivity index is 1.60. The zero-order valence-corrected chi connectivity index (χ0v) is 14.6. The maximum atomic E-state index is 3.63. The van der Waals surface area contributed by atoms with Crippen LogP contribution >= 0.6 is 0 Å². The van der Waals surface area contributed by atoms with Crippen molar-refractivity contribution in [2.45, 2.75) is 19.4 Å². The van der Waals surface area contributed by atoms with Gasteiger partial charge in [-0.25, -0.2) is 0 Å². The molecule has 0 unspecified atom stereocenters. The highest BCUT2D eigenvalue weighted by Gasteiger charge is 2.18. The number of hydrogen-bond donors (Lipinski definition) is 1. The molecule has 0 radical (unpaired) electrons. The van der Waals surface area contributed by atoms with Crippen molar-refractivity contribution in [2.75, 3.05) is 6.54 Å². The Labute approximate surface area is 150 Å². The third-order valence-electron chi connectivity index (χ3n) is 5.03. The monoisotopic (exact) mass is 325 g/mol. The summed E-state index contributed by atoms with van der Waals surface area (Å²) in [6.07, 6.45) is 3.37. The van der Waals surface area contributed by atoms with Gasteiger partial charge in [0.05, 0.1) is 0 Å². The van der Waals surface area contributed by atoms with Gasteiger partial charge in [-0.05, 0) is 46.7 Å². The summed E-state index contributed by atoms with van der Waals surface area (Å²) in [6.45, 7) is 3.07. The molecule has 0 aromatic heterocycles. The fourth-order valence-corrected chi connectivity index (χ4v) is 3.64. The van der Waals surface area contributed by atoms with Crippen molar-refractivity contribution in [3.8, 4) is 0 Å². The molecule has 1 nitrogen and oxygen atoms in total. The Morgan fingerprint density at radius 2 is 1.36 bits per heavy atom. The molecular weight excluding hydrogens is 302 g/mol. The van der Waals surface area contributed by atoms with Crippen molar-refractivity contribution in [3.63, 3.8) is 0 Å². The van der Waals surface area contributed by atoms with Crippen LogP contribution in [0.15, 0.2) is 84.9 Å². The van der Waals surface area contributed by atoms with Crippen LogP contribution in [0.1, 0.15) is 40.8 Å². The van der Waals surface area contributed by atoms with E-state index in [1.54, 1.807) is 0 Å². The minimum atomic E-state index is 0.340. The summed E-state index contributed by atoms with van der Waals surface area (Å²) in [5.41, 5.74) is 8.26.